The highest BCUT2D eigenvalue weighted by molar-refractivity contribution is 5.97. The van der Waals surface area contributed by atoms with Gasteiger partial charge < -0.3 is 16.4 Å². The number of nitrogens with one attached hydrogen (secondary N) is 3. The molecule has 0 aliphatic rings. The fourth-order valence-electron chi connectivity index (χ4n) is 2.03. The normalized spacial score (nSPS) is 12.0. The van der Waals surface area contributed by atoms with Crippen molar-refractivity contribution in [3.8, 4) is 0 Å². The SMILES string of the molecule is CC(=O)NC(CCCN=C(N)N[N+](=O)[O-])C(=O)Nc1ccc([N+](=O)[O-])cc1. The molecule has 1 aromatic rings. The summed E-state index contributed by atoms with van der Waals surface area (Å²) in [5.41, 5.74) is 7.16. The van der Waals surface area contributed by atoms with Gasteiger partial charge in [-0.05, 0) is 25.0 Å². The van der Waals surface area contributed by atoms with Crippen LogP contribution in [0.5, 0.6) is 0 Å². The summed E-state index contributed by atoms with van der Waals surface area (Å²) >= 11 is 0. The van der Waals surface area contributed by atoms with Gasteiger partial charge in [-0.15, -0.1) is 0 Å². The Labute approximate surface area is 153 Å². The number of amides is 2. The summed E-state index contributed by atoms with van der Waals surface area (Å²) in [6, 6.07) is 4.34. The van der Waals surface area contributed by atoms with Crippen LogP contribution in [0.4, 0.5) is 11.4 Å². The maximum absolute atomic E-state index is 12.3. The predicted molar refractivity (Wildman–Crippen MR) is 95.2 cm³/mol. The minimum Gasteiger partial charge on any atom is -0.365 e. The van der Waals surface area contributed by atoms with E-state index >= 15 is 0 Å². The average molecular weight is 381 g/mol. The third kappa shape index (κ3) is 8.24. The fourth-order valence-corrected chi connectivity index (χ4v) is 2.03. The molecule has 5 N–H and O–H groups in total. The second-order valence-corrected chi connectivity index (χ2v) is 5.32. The number of hydrogen-bond donors (Lipinski definition) is 4. The number of anilines is 1. The van der Waals surface area contributed by atoms with Crippen molar-refractivity contribution in [3.05, 3.63) is 44.5 Å². The molecule has 0 fully saturated rings. The van der Waals surface area contributed by atoms with Crippen LogP contribution in [0.2, 0.25) is 0 Å². The Morgan fingerprint density at radius 3 is 2.37 bits per heavy atom. The van der Waals surface area contributed by atoms with Crippen molar-refractivity contribution in [1.29, 1.82) is 0 Å². The zero-order chi connectivity index (χ0) is 20.4. The van der Waals surface area contributed by atoms with E-state index in [1.807, 2.05) is 0 Å². The quantitative estimate of drug-likeness (QED) is 0.150. The van der Waals surface area contributed by atoms with Crippen LogP contribution in [0.15, 0.2) is 29.3 Å². The number of aliphatic imine (C=N–C) groups is 1. The third-order valence-electron chi connectivity index (χ3n) is 3.18. The van der Waals surface area contributed by atoms with Crippen LogP contribution in [0.1, 0.15) is 19.8 Å². The molecule has 0 aliphatic carbocycles. The van der Waals surface area contributed by atoms with Crippen LogP contribution in [0, 0.1) is 20.2 Å². The monoisotopic (exact) mass is 381 g/mol. The standard InChI is InChI=1S/C14H19N7O6/c1-9(22)17-12(3-2-8-16-14(15)19-21(26)27)13(23)18-10-4-6-11(7-5-10)20(24)25/h4-7,12H,2-3,8H2,1H3,(H,17,22)(H,18,23)(H3,15,16,19). The zero-order valence-electron chi connectivity index (χ0n) is 14.4. The summed E-state index contributed by atoms with van der Waals surface area (Å²) in [7, 11) is 0. The molecule has 1 unspecified atom stereocenters. The van der Waals surface area contributed by atoms with Gasteiger partial charge in [0.25, 0.3) is 11.6 Å². The number of hydrogen-bond acceptors (Lipinski definition) is 7. The molecule has 27 heavy (non-hydrogen) atoms. The lowest BCUT2D eigenvalue weighted by molar-refractivity contribution is -0.525. The number of carbonyl (C=O) groups is 2. The molecule has 0 radical (unpaired) electrons. The summed E-state index contributed by atoms with van der Waals surface area (Å²) in [6.45, 7) is 1.36. The van der Waals surface area contributed by atoms with Gasteiger partial charge in [-0.2, -0.15) is 0 Å². The molecule has 2 amide bonds. The van der Waals surface area contributed by atoms with Gasteiger partial charge in [0.15, 0.2) is 5.03 Å². The van der Waals surface area contributed by atoms with Gasteiger partial charge in [-0.25, -0.2) is 15.1 Å². The van der Waals surface area contributed by atoms with Crippen molar-refractivity contribution >= 4 is 29.1 Å². The molecule has 146 valence electrons. The molecule has 0 saturated heterocycles. The molecule has 0 spiro atoms. The van der Waals surface area contributed by atoms with Gasteiger partial charge in [0, 0.05) is 31.3 Å². The first-order chi connectivity index (χ1) is 12.7. The Morgan fingerprint density at radius 1 is 1.22 bits per heavy atom. The summed E-state index contributed by atoms with van der Waals surface area (Å²) in [6.07, 6.45) is 0.520. The number of rotatable bonds is 9. The van der Waals surface area contributed by atoms with Crippen molar-refractivity contribution in [2.75, 3.05) is 11.9 Å². The number of guanidine groups is 1. The van der Waals surface area contributed by atoms with E-state index in [0.29, 0.717) is 12.1 Å². The van der Waals surface area contributed by atoms with Crippen LogP contribution in [-0.4, -0.2) is 40.3 Å². The molecule has 0 saturated carbocycles. The molecular weight excluding hydrogens is 362 g/mol. The Bertz CT molecular complexity index is 734. The largest absolute Gasteiger partial charge is 0.365 e. The first-order valence-electron chi connectivity index (χ1n) is 7.72. The number of carbonyl (C=O) groups excluding carboxylic acids is 2. The first kappa shape index (κ1) is 21.3. The van der Waals surface area contributed by atoms with Crippen LogP contribution in [0.3, 0.4) is 0 Å². The highest BCUT2D eigenvalue weighted by Crippen LogP contribution is 2.16. The maximum Gasteiger partial charge on any atom is 0.269 e. The summed E-state index contributed by atoms with van der Waals surface area (Å²) in [5, 5.41) is 25.0. The summed E-state index contributed by atoms with van der Waals surface area (Å²) < 4.78 is 0. The lowest BCUT2D eigenvalue weighted by Crippen LogP contribution is -2.43. The van der Waals surface area contributed by atoms with E-state index in [4.69, 9.17) is 5.73 Å². The van der Waals surface area contributed by atoms with Crippen LogP contribution >= 0.6 is 0 Å². The Morgan fingerprint density at radius 2 is 1.85 bits per heavy atom. The molecule has 1 rings (SSSR count). The van der Waals surface area contributed by atoms with Gasteiger partial charge in [0.1, 0.15) is 6.04 Å². The molecular formula is C14H19N7O6. The van der Waals surface area contributed by atoms with E-state index in [2.05, 4.69) is 15.6 Å². The molecule has 0 heterocycles. The topological polar surface area (TPSA) is 195 Å². The second kappa shape index (κ2) is 10.3. The first-order valence-corrected chi connectivity index (χ1v) is 7.72. The Hall–Kier alpha value is -3.77. The van der Waals surface area contributed by atoms with Crippen LogP contribution in [0.25, 0.3) is 0 Å². The lowest BCUT2D eigenvalue weighted by Gasteiger charge is -2.17. The summed E-state index contributed by atoms with van der Waals surface area (Å²) in [5.74, 6) is -1.30. The minimum atomic E-state index is -0.877. The summed E-state index contributed by atoms with van der Waals surface area (Å²) in [4.78, 5) is 47.6. The van der Waals surface area contributed by atoms with Gasteiger partial charge in [-0.1, -0.05) is 5.43 Å². The highest BCUT2D eigenvalue weighted by Gasteiger charge is 2.19. The number of nitro groups is 2. The predicted octanol–water partition coefficient (Wildman–Crippen LogP) is -0.0858. The fraction of sp³-hybridized carbons (Fsp3) is 0.357. The van der Waals surface area contributed by atoms with E-state index in [9.17, 15) is 29.8 Å². The minimum absolute atomic E-state index is 0.105. The lowest BCUT2D eigenvalue weighted by atomic mass is 10.1. The third-order valence-corrected chi connectivity index (χ3v) is 3.18. The second-order valence-electron chi connectivity index (χ2n) is 5.32. The molecule has 1 aromatic carbocycles. The molecule has 0 aromatic heterocycles. The Balaban J connectivity index is 2.64. The van der Waals surface area contributed by atoms with Crippen molar-refractivity contribution in [2.24, 2.45) is 10.7 Å². The highest BCUT2D eigenvalue weighted by atomic mass is 16.7. The molecule has 0 bridgehead atoms. The number of non-ortho nitro benzene ring substituents is 1. The van der Waals surface area contributed by atoms with E-state index < -0.39 is 27.8 Å². The molecule has 1 atom stereocenters. The maximum atomic E-state index is 12.3. The van der Waals surface area contributed by atoms with E-state index in [1.54, 1.807) is 5.43 Å². The zero-order valence-corrected chi connectivity index (χ0v) is 14.4. The van der Waals surface area contributed by atoms with Crippen molar-refractivity contribution in [3.63, 3.8) is 0 Å². The van der Waals surface area contributed by atoms with Gasteiger partial charge in [-0.3, -0.25) is 19.7 Å². The number of nitrogens with zero attached hydrogens (tertiary/aromatic N) is 3. The van der Waals surface area contributed by atoms with E-state index in [-0.39, 0.29) is 24.6 Å². The van der Waals surface area contributed by atoms with Crippen LogP contribution < -0.4 is 21.8 Å². The van der Waals surface area contributed by atoms with Crippen molar-refractivity contribution in [1.82, 2.24) is 10.7 Å². The number of nitro benzene ring substituents is 1. The number of benzene rings is 1. The van der Waals surface area contributed by atoms with Gasteiger partial charge >= 0.3 is 0 Å². The van der Waals surface area contributed by atoms with Gasteiger partial charge in [0.2, 0.25) is 11.8 Å². The average Bonchev–Trinajstić information content (AvgIpc) is 2.57. The smallest absolute Gasteiger partial charge is 0.269 e. The number of hydrazine groups is 1. The van der Waals surface area contributed by atoms with Crippen LogP contribution in [-0.2, 0) is 9.59 Å². The number of nitrogens with two attached hydrogens (primary N) is 1. The van der Waals surface area contributed by atoms with Crippen molar-refractivity contribution in [2.45, 2.75) is 25.8 Å². The molecule has 0 aliphatic heterocycles. The van der Waals surface area contributed by atoms with Crippen molar-refractivity contribution < 1.29 is 19.5 Å². The molecule has 13 heteroatoms. The molecule has 13 nitrogen and oxygen atoms in total. The Kier molecular flexibility index (Phi) is 8.09. The van der Waals surface area contributed by atoms with Gasteiger partial charge in [0.05, 0.1) is 4.92 Å². The van der Waals surface area contributed by atoms with E-state index in [1.165, 1.54) is 31.2 Å². The van der Waals surface area contributed by atoms with E-state index in [0.717, 1.165) is 0 Å².